The van der Waals surface area contributed by atoms with Crippen LogP contribution in [-0.2, 0) is 4.74 Å². The zero-order valence-electron chi connectivity index (χ0n) is 17.3. The maximum atomic E-state index is 13.4. The number of halogens is 1. The van der Waals surface area contributed by atoms with Crippen LogP contribution in [0.4, 0.5) is 10.1 Å². The van der Waals surface area contributed by atoms with Crippen LogP contribution in [0.25, 0.3) is 22.3 Å². The van der Waals surface area contributed by atoms with Crippen LogP contribution in [0.2, 0.25) is 0 Å². The van der Waals surface area contributed by atoms with E-state index in [9.17, 15) is 14.4 Å². The minimum absolute atomic E-state index is 0.326. The number of hydrogen-bond donors (Lipinski definition) is 1. The largest absolute Gasteiger partial charge is 0.474 e. The fourth-order valence-electron chi connectivity index (χ4n) is 3.63. The van der Waals surface area contributed by atoms with Crippen molar-refractivity contribution in [3.8, 4) is 23.1 Å². The number of carbonyl (C=O) groups is 1. The summed E-state index contributed by atoms with van der Waals surface area (Å²) in [6.45, 7) is 4.14. The zero-order valence-corrected chi connectivity index (χ0v) is 17.3. The van der Waals surface area contributed by atoms with Crippen LogP contribution >= 0.6 is 0 Å². The summed E-state index contributed by atoms with van der Waals surface area (Å²) in [5, 5.41) is 12.4. The monoisotopic (exact) mass is 423 g/mol. The van der Waals surface area contributed by atoms with E-state index in [1.54, 1.807) is 25.1 Å². The van der Waals surface area contributed by atoms with Crippen LogP contribution in [0, 0.1) is 17.1 Å². The maximum Gasteiger partial charge on any atom is 0.255 e. The molecule has 1 aromatic heterocycles. The second-order valence-corrected chi connectivity index (χ2v) is 7.20. The van der Waals surface area contributed by atoms with E-state index in [1.165, 1.54) is 19.2 Å². The third-order valence-electron chi connectivity index (χ3n) is 5.17. The van der Waals surface area contributed by atoms with Gasteiger partial charge < -0.3 is 24.1 Å². The summed E-state index contributed by atoms with van der Waals surface area (Å²) in [5.41, 5.74) is 2.17. The van der Waals surface area contributed by atoms with E-state index in [2.05, 4.69) is 16.3 Å². The van der Waals surface area contributed by atoms with Crippen molar-refractivity contribution in [2.24, 2.45) is 0 Å². The SMILES string of the molecule is CNC(=O)c1c(-c2ccc(F)cc2)oc2cc(N3CCOCC3)c(OC(C)C#N)cc12. The van der Waals surface area contributed by atoms with Gasteiger partial charge in [-0.25, -0.2) is 4.39 Å². The van der Waals surface area contributed by atoms with Gasteiger partial charge in [0.25, 0.3) is 5.91 Å². The van der Waals surface area contributed by atoms with Gasteiger partial charge in [0.15, 0.2) is 6.10 Å². The second kappa shape index (κ2) is 8.66. The topological polar surface area (TPSA) is 87.7 Å². The quantitative estimate of drug-likeness (QED) is 0.673. The van der Waals surface area contributed by atoms with E-state index < -0.39 is 6.10 Å². The van der Waals surface area contributed by atoms with Gasteiger partial charge in [-0.1, -0.05) is 0 Å². The maximum absolute atomic E-state index is 13.4. The van der Waals surface area contributed by atoms with Crippen molar-refractivity contribution in [1.29, 1.82) is 5.26 Å². The van der Waals surface area contributed by atoms with Crippen LogP contribution in [0.1, 0.15) is 17.3 Å². The highest BCUT2D eigenvalue weighted by Crippen LogP contribution is 2.41. The average molecular weight is 423 g/mol. The van der Waals surface area contributed by atoms with Gasteiger partial charge in [-0.05, 0) is 37.3 Å². The zero-order chi connectivity index (χ0) is 22.0. The molecule has 8 heteroatoms. The molecule has 2 aromatic carbocycles. The third-order valence-corrected chi connectivity index (χ3v) is 5.17. The van der Waals surface area contributed by atoms with E-state index >= 15 is 0 Å². The first-order chi connectivity index (χ1) is 15.0. The summed E-state index contributed by atoms with van der Waals surface area (Å²) in [6.07, 6.45) is -0.677. The molecule has 7 nitrogen and oxygen atoms in total. The molecule has 2 heterocycles. The van der Waals surface area contributed by atoms with Gasteiger partial charge >= 0.3 is 0 Å². The predicted molar refractivity (Wildman–Crippen MR) is 114 cm³/mol. The minimum atomic E-state index is -0.677. The highest BCUT2D eigenvalue weighted by atomic mass is 19.1. The number of carbonyl (C=O) groups excluding carboxylic acids is 1. The van der Waals surface area contributed by atoms with Crippen molar-refractivity contribution < 1.29 is 23.1 Å². The number of rotatable bonds is 5. The number of amides is 1. The molecule has 1 fully saturated rings. The molecule has 0 spiro atoms. The Morgan fingerprint density at radius 1 is 1.26 bits per heavy atom. The highest BCUT2D eigenvalue weighted by Gasteiger charge is 2.26. The number of benzene rings is 2. The van der Waals surface area contributed by atoms with Crippen molar-refractivity contribution in [3.05, 3.63) is 47.8 Å². The van der Waals surface area contributed by atoms with E-state index in [4.69, 9.17) is 13.9 Å². The molecule has 1 aliphatic rings. The molecular weight excluding hydrogens is 401 g/mol. The smallest absolute Gasteiger partial charge is 0.255 e. The van der Waals surface area contributed by atoms with Gasteiger partial charge in [-0.2, -0.15) is 5.26 Å². The standard InChI is InChI=1S/C23H22FN3O4/c1-14(13-25)30-20-11-17-19(12-18(20)27-7-9-29-10-8-27)31-22(21(17)23(28)26-2)15-3-5-16(24)6-4-15/h3-6,11-12,14H,7-10H2,1-2H3,(H,26,28). The Labute approximate surface area is 178 Å². The second-order valence-electron chi connectivity index (χ2n) is 7.20. The lowest BCUT2D eigenvalue weighted by Gasteiger charge is -2.30. The highest BCUT2D eigenvalue weighted by molar-refractivity contribution is 6.12. The molecule has 0 aliphatic carbocycles. The van der Waals surface area contributed by atoms with Crippen molar-refractivity contribution >= 4 is 22.6 Å². The number of fused-ring (bicyclic) bond motifs is 1. The number of furan rings is 1. The first-order valence-electron chi connectivity index (χ1n) is 9.99. The normalized spacial score (nSPS) is 14.8. The van der Waals surface area contributed by atoms with E-state index in [1.807, 2.05) is 6.07 Å². The lowest BCUT2D eigenvalue weighted by Crippen LogP contribution is -2.36. The van der Waals surface area contributed by atoms with E-state index in [-0.39, 0.29) is 11.7 Å². The average Bonchev–Trinajstić information content (AvgIpc) is 3.17. The van der Waals surface area contributed by atoms with Crippen molar-refractivity contribution in [2.75, 3.05) is 38.3 Å². The number of nitrogens with one attached hydrogen (secondary N) is 1. The van der Waals surface area contributed by atoms with E-state index in [0.717, 1.165) is 5.69 Å². The summed E-state index contributed by atoms with van der Waals surface area (Å²) in [5.74, 6) is 0.112. The van der Waals surface area contributed by atoms with Gasteiger partial charge in [0.2, 0.25) is 0 Å². The lowest BCUT2D eigenvalue weighted by molar-refractivity contribution is 0.0964. The third kappa shape index (κ3) is 4.05. The van der Waals surface area contributed by atoms with Gasteiger partial charge in [0, 0.05) is 37.2 Å². The Morgan fingerprint density at radius 3 is 2.61 bits per heavy atom. The molecule has 1 saturated heterocycles. The van der Waals surface area contributed by atoms with Crippen molar-refractivity contribution in [2.45, 2.75) is 13.0 Å². The molecule has 31 heavy (non-hydrogen) atoms. The van der Waals surface area contributed by atoms with Crippen LogP contribution < -0.4 is 15.0 Å². The number of nitriles is 1. The molecule has 0 saturated carbocycles. The fraction of sp³-hybridized carbons (Fsp3) is 0.304. The molecule has 0 bridgehead atoms. The number of ether oxygens (including phenoxy) is 2. The van der Waals surface area contributed by atoms with Gasteiger partial charge in [-0.3, -0.25) is 4.79 Å². The van der Waals surface area contributed by atoms with Crippen LogP contribution in [-0.4, -0.2) is 45.4 Å². The first kappa shape index (κ1) is 20.7. The first-order valence-corrected chi connectivity index (χ1v) is 9.99. The molecule has 1 aliphatic heterocycles. The van der Waals surface area contributed by atoms with Crippen molar-refractivity contribution in [3.63, 3.8) is 0 Å². The summed E-state index contributed by atoms with van der Waals surface area (Å²) in [7, 11) is 1.53. The molecule has 3 aromatic rings. The molecule has 1 amide bonds. The molecule has 1 atom stereocenters. The number of morpholine rings is 1. The minimum Gasteiger partial charge on any atom is -0.474 e. The Hall–Kier alpha value is -3.57. The van der Waals surface area contributed by atoms with Crippen molar-refractivity contribution in [1.82, 2.24) is 5.32 Å². The molecule has 0 radical (unpaired) electrons. The van der Waals surface area contributed by atoms with E-state index in [0.29, 0.717) is 59.9 Å². The van der Waals surface area contributed by atoms with Crippen LogP contribution in [0.5, 0.6) is 5.75 Å². The Morgan fingerprint density at radius 2 is 1.97 bits per heavy atom. The lowest BCUT2D eigenvalue weighted by atomic mass is 10.0. The Kier molecular flexibility index (Phi) is 5.78. The number of hydrogen-bond acceptors (Lipinski definition) is 6. The Bertz CT molecular complexity index is 1140. The molecule has 1 unspecified atom stereocenters. The number of anilines is 1. The molecular formula is C23H22FN3O4. The van der Waals surface area contributed by atoms with Gasteiger partial charge in [0.05, 0.1) is 24.5 Å². The Balaban J connectivity index is 1.93. The molecule has 1 N–H and O–H groups in total. The molecule has 160 valence electrons. The number of nitrogens with zero attached hydrogens (tertiary/aromatic N) is 2. The summed E-state index contributed by atoms with van der Waals surface area (Å²) < 4.78 is 30.9. The van der Waals surface area contributed by atoms with Crippen LogP contribution in [0.3, 0.4) is 0 Å². The summed E-state index contributed by atoms with van der Waals surface area (Å²) >= 11 is 0. The summed E-state index contributed by atoms with van der Waals surface area (Å²) in [4.78, 5) is 14.9. The van der Waals surface area contributed by atoms with Gasteiger partial charge in [0.1, 0.15) is 29.0 Å². The summed E-state index contributed by atoms with van der Waals surface area (Å²) in [6, 6.07) is 11.4. The van der Waals surface area contributed by atoms with Gasteiger partial charge in [-0.15, -0.1) is 0 Å². The predicted octanol–water partition coefficient (Wildman–Crippen LogP) is 3.73. The fourth-order valence-corrected chi connectivity index (χ4v) is 3.63. The van der Waals surface area contributed by atoms with Crippen LogP contribution in [0.15, 0.2) is 40.8 Å². The molecule has 4 rings (SSSR count).